The van der Waals surface area contributed by atoms with Crippen LogP contribution in [0.25, 0.3) is 0 Å². The van der Waals surface area contributed by atoms with Crippen LogP contribution >= 0.6 is 0 Å². The van der Waals surface area contributed by atoms with E-state index >= 15 is 0 Å². The van der Waals surface area contributed by atoms with Crippen molar-refractivity contribution in [1.82, 2.24) is 4.72 Å². The van der Waals surface area contributed by atoms with Crippen LogP contribution in [0.1, 0.15) is 0 Å². The third kappa shape index (κ3) is 1.43. The van der Waals surface area contributed by atoms with Gasteiger partial charge >= 0.3 is 0 Å². The maximum Gasteiger partial charge on any atom is 0.225 e. The monoisotopic (exact) mass is 138 g/mol. The Labute approximate surface area is 47.9 Å². The van der Waals surface area contributed by atoms with Crippen molar-refractivity contribution in [3.8, 4) is 0 Å². The Balaban J connectivity index is 2.58. The summed E-state index contributed by atoms with van der Waals surface area (Å²) in [5.41, 5.74) is 0. The minimum atomic E-state index is -2.93. The van der Waals surface area contributed by atoms with Crippen molar-refractivity contribution in [3.05, 3.63) is 0 Å². The molecule has 8 heavy (non-hydrogen) atoms. The predicted octanol–water partition coefficient (Wildman–Crippen LogP) is -1.60. The van der Waals surface area contributed by atoms with Crippen molar-refractivity contribution in [2.24, 2.45) is 0 Å². The minimum Gasteiger partial charge on any atom is -0.420 e. The standard InChI is InChI=1S/C3H7NO3S/c5-8(6)2-1-7-3-4-8/h4H,1-3H2/p+1. The second kappa shape index (κ2) is 2.00. The molecule has 48 valence electrons. The molecule has 0 amide bonds. The maximum atomic E-state index is 10.5. The average Bonchev–Trinajstić information content (AvgIpc) is 1.65. The smallest absolute Gasteiger partial charge is 0.225 e. The third-order valence-corrected chi connectivity index (χ3v) is 2.20. The van der Waals surface area contributed by atoms with Crippen LogP contribution in [0, 0.1) is 0 Å². The highest BCUT2D eigenvalue weighted by atomic mass is 32.2. The zero-order valence-electron chi connectivity index (χ0n) is 4.29. The van der Waals surface area contributed by atoms with E-state index in [0.29, 0.717) is 6.61 Å². The van der Waals surface area contributed by atoms with Crippen molar-refractivity contribution in [1.29, 1.82) is 0 Å². The van der Waals surface area contributed by atoms with Gasteiger partial charge in [-0.05, 0) is 0 Å². The number of nitrogens with one attached hydrogen (secondary N) is 1. The molecule has 1 rings (SSSR count). The number of ether oxygens (including phenoxy) is 1. The Morgan fingerprint density at radius 1 is 1.50 bits per heavy atom. The molecule has 1 aliphatic rings. The van der Waals surface area contributed by atoms with E-state index in [4.69, 9.17) is 0 Å². The van der Waals surface area contributed by atoms with Gasteiger partial charge in [-0.1, -0.05) is 0 Å². The van der Waals surface area contributed by atoms with Gasteiger partial charge in [-0.25, -0.2) is 8.42 Å². The largest absolute Gasteiger partial charge is 0.420 e. The van der Waals surface area contributed by atoms with Crippen LogP contribution in [0.3, 0.4) is 0 Å². The van der Waals surface area contributed by atoms with Gasteiger partial charge in [-0.15, -0.1) is 4.72 Å². The Bertz CT molecular complexity index is 149. The zero-order valence-corrected chi connectivity index (χ0v) is 5.11. The molecule has 0 unspecified atom stereocenters. The number of hydrogen-bond donors (Lipinski definition) is 1. The summed E-state index contributed by atoms with van der Waals surface area (Å²) in [4.78, 5) is 0. The Kier molecular flexibility index (Phi) is 1.50. The molecule has 2 N–H and O–H groups in total. The summed E-state index contributed by atoms with van der Waals surface area (Å²) < 4.78 is 27.0. The molecule has 1 aliphatic heterocycles. The van der Waals surface area contributed by atoms with E-state index in [1.54, 1.807) is 0 Å². The van der Waals surface area contributed by atoms with Gasteiger partial charge in [0.1, 0.15) is 5.75 Å². The van der Waals surface area contributed by atoms with Crippen LogP contribution < -0.4 is 4.72 Å². The summed E-state index contributed by atoms with van der Waals surface area (Å²) in [6, 6.07) is 0. The van der Waals surface area contributed by atoms with E-state index in [1.807, 2.05) is 0 Å². The molecule has 0 saturated carbocycles. The van der Waals surface area contributed by atoms with E-state index in [2.05, 4.69) is 9.46 Å². The first kappa shape index (κ1) is 6.00. The number of aliphatic hydroxyl groups is 2. The molecule has 0 aromatic heterocycles. The summed E-state index contributed by atoms with van der Waals surface area (Å²) in [6.45, 7) is 0.692. The molecule has 0 spiro atoms. The fourth-order valence-electron chi connectivity index (χ4n) is 0.480. The highest BCUT2D eigenvalue weighted by molar-refractivity contribution is 7.89. The molecule has 0 radical (unpaired) electrons. The third-order valence-electron chi connectivity index (χ3n) is 0.914. The Morgan fingerprint density at radius 2 is 2.25 bits per heavy atom. The van der Waals surface area contributed by atoms with E-state index < -0.39 is 10.0 Å². The predicted molar refractivity (Wildman–Crippen MR) is 28.9 cm³/mol. The lowest BCUT2D eigenvalue weighted by Crippen LogP contribution is -2.38. The second-order valence-electron chi connectivity index (χ2n) is 1.57. The average molecular weight is 138 g/mol. The van der Waals surface area contributed by atoms with Gasteiger partial charge in [0.2, 0.25) is 16.8 Å². The molecule has 5 heteroatoms. The van der Waals surface area contributed by atoms with Gasteiger partial charge in [0, 0.05) is 0 Å². The van der Waals surface area contributed by atoms with Crippen LogP contribution in [-0.2, 0) is 10.0 Å². The molecular weight excluding hydrogens is 130 g/mol. The van der Waals surface area contributed by atoms with Crippen LogP contribution in [0.15, 0.2) is 0 Å². The molecule has 0 aliphatic carbocycles. The zero-order chi connectivity index (χ0) is 6.04. The van der Waals surface area contributed by atoms with Gasteiger partial charge in [0.25, 0.3) is 0 Å². The quantitative estimate of drug-likeness (QED) is 0.410. The lowest BCUT2D eigenvalue weighted by Gasteiger charge is -2.08. The fraction of sp³-hybridized carbons (Fsp3) is 1.00. The maximum absolute atomic E-state index is 10.5. The van der Waals surface area contributed by atoms with Crippen molar-refractivity contribution in [2.75, 3.05) is 19.1 Å². The van der Waals surface area contributed by atoms with Crippen molar-refractivity contribution < 1.29 is 13.2 Å². The molecule has 1 fully saturated rings. The summed E-state index contributed by atoms with van der Waals surface area (Å²) >= 11 is 0. The second-order valence-corrected chi connectivity index (χ2v) is 3.49. The molecule has 1 heterocycles. The van der Waals surface area contributed by atoms with Gasteiger partial charge in [-0.2, -0.15) is 0 Å². The Hall–Kier alpha value is -0.130. The van der Waals surface area contributed by atoms with Crippen molar-refractivity contribution >= 4 is 10.0 Å². The first-order chi connectivity index (χ1) is 3.71. The van der Waals surface area contributed by atoms with E-state index in [1.165, 1.54) is 0 Å². The van der Waals surface area contributed by atoms with Gasteiger partial charge < -0.3 is 4.74 Å². The summed E-state index contributed by atoms with van der Waals surface area (Å²) in [7, 11) is -2.93. The lowest BCUT2D eigenvalue weighted by atomic mass is 10.9. The summed E-state index contributed by atoms with van der Waals surface area (Å²) in [5, 5.41) is 0. The summed E-state index contributed by atoms with van der Waals surface area (Å²) in [5.74, 6) is 0.146. The van der Waals surface area contributed by atoms with Crippen LogP contribution in [0.5, 0.6) is 0 Å². The fourth-order valence-corrected chi connectivity index (χ4v) is 1.28. The molecule has 0 bridgehead atoms. The highest BCUT2D eigenvalue weighted by Gasteiger charge is 2.16. The number of rotatable bonds is 0. The number of sulfonamides is 1. The van der Waals surface area contributed by atoms with E-state index in [9.17, 15) is 8.42 Å². The van der Waals surface area contributed by atoms with Crippen molar-refractivity contribution in [2.45, 2.75) is 0 Å². The van der Waals surface area contributed by atoms with Crippen LogP contribution in [0.2, 0.25) is 0 Å². The first-order valence-electron chi connectivity index (χ1n) is 2.31. The molecule has 0 aromatic carbocycles. The van der Waals surface area contributed by atoms with Crippen LogP contribution in [0.4, 0.5) is 0 Å². The Morgan fingerprint density at radius 3 is 2.50 bits per heavy atom. The topological polar surface area (TPSA) is 59.0 Å². The highest BCUT2D eigenvalue weighted by Crippen LogP contribution is 1.87. The lowest BCUT2D eigenvalue weighted by molar-refractivity contribution is -0.0367. The molecule has 0 aromatic rings. The van der Waals surface area contributed by atoms with Crippen LogP contribution in [-0.4, -0.2) is 32.2 Å². The van der Waals surface area contributed by atoms with Gasteiger partial charge in [0.05, 0.1) is 0 Å². The minimum absolute atomic E-state index is 0.146. The van der Waals surface area contributed by atoms with E-state index in [-0.39, 0.29) is 12.5 Å². The van der Waals surface area contributed by atoms with Gasteiger partial charge in [0.15, 0.2) is 6.61 Å². The molecule has 0 atom stereocenters. The van der Waals surface area contributed by atoms with Gasteiger partial charge in [-0.3, -0.25) is 0 Å². The summed E-state index contributed by atoms with van der Waals surface area (Å²) in [6.07, 6.45) is 0. The molecule has 1 saturated heterocycles. The number of hydrogen-bond acceptors (Lipinski definition) is 2. The first-order valence-corrected chi connectivity index (χ1v) is 3.96. The van der Waals surface area contributed by atoms with Crippen molar-refractivity contribution in [3.63, 3.8) is 0 Å². The normalized spacial score (nSPS) is 27.5. The molecule has 4 nitrogen and oxygen atoms in total. The van der Waals surface area contributed by atoms with E-state index in [0.717, 1.165) is 0 Å². The molecular formula is C3H8NO3S+. The SMILES string of the molecule is O=S1(=O)CC[OH+]CN1.